The van der Waals surface area contributed by atoms with E-state index in [9.17, 15) is 4.79 Å². The number of aryl methyl sites for hydroxylation is 1. The third-order valence-corrected chi connectivity index (χ3v) is 1.52. The van der Waals surface area contributed by atoms with E-state index in [-0.39, 0.29) is 5.69 Å². The van der Waals surface area contributed by atoms with Gasteiger partial charge in [-0.3, -0.25) is 0 Å². The van der Waals surface area contributed by atoms with Crippen LogP contribution in [0.4, 0.5) is 0 Å². The average Bonchev–Trinajstić information content (AvgIpc) is 2.08. The first kappa shape index (κ1) is 8.78. The standard InChI is InChI=1S/C8H8BNO2/c1-5-6(9)3-4-7(10-5)8(11)12-2/h3-4H,1-2H3. The number of aromatic nitrogens is 1. The Balaban J connectivity index is 3.05. The third-order valence-electron chi connectivity index (χ3n) is 1.52. The SMILES string of the molecule is [B]c1ccc(C(=O)OC)nc1C. The summed E-state index contributed by atoms with van der Waals surface area (Å²) in [6.45, 7) is 1.74. The van der Waals surface area contributed by atoms with Crippen molar-refractivity contribution in [3.63, 3.8) is 0 Å². The van der Waals surface area contributed by atoms with Crippen molar-refractivity contribution in [3.8, 4) is 0 Å². The average molecular weight is 161 g/mol. The Bertz CT molecular complexity index is 312. The molecular formula is C8H8BNO2. The van der Waals surface area contributed by atoms with Crippen LogP contribution in [0.5, 0.6) is 0 Å². The smallest absolute Gasteiger partial charge is 0.356 e. The predicted molar refractivity (Wildman–Crippen MR) is 45.7 cm³/mol. The second kappa shape index (κ2) is 3.39. The first-order valence-corrected chi connectivity index (χ1v) is 3.46. The van der Waals surface area contributed by atoms with Crippen LogP contribution in [0.15, 0.2) is 12.1 Å². The minimum Gasteiger partial charge on any atom is -0.464 e. The first-order valence-electron chi connectivity index (χ1n) is 3.46. The van der Waals surface area contributed by atoms with Crippen LogP contribution in [0.25, 0.3) is 0 Å². The molecule has 0 aliphatic heterocycles. The molecule has 1 heterocycles. The molecule has 1 aromatic rings. The van der Waals surface area contributed by atoms with Crippen LogP contribution in [0, 0.1) is 6.92 Å². The van der Waals surface area contributed by atoms with Crippen LogP contribution in [0.1, 0.15) is 16.2 Å². The normalized spacial score (nSPS) is 9.50. The molecule has 0 bridgehead atoms. The number of esters is 1. The van der Waals surface area contributed by atoms with E-state index in [1.54, 1.807) is 13.0 Å². The van der Waals surface area contributed by atoms with Crippen LogP contribution in [0.3, 0.4) is 0 Å². The zero-order chi connectivity index (χ0) is 9.14. The number of carbonyl (C=O) groups is 1. The molecule has 0 aliphatic rings. The molecule has 3 nitrogen and oxygen atoms in total. The Morgan fingerprint density at radius 3 is 2.75 bits per heavy atom. The van der Waals surface area contributed by atoms with Gasteiger partial charge in [-0.2, -0.15) is 0 Å². The molecule has 0 unspecified atom stereocenters. The van der Waals surface area contributed by atoms with Crippen LogP contribution in [-0.4, -0.2) is 25.9 Å². The van der Waals surface area contributed by atoms with Gasteiger partial charge in [0.15, 0.2) is 0 Å². The fourth-order valence-corrected chi connectivity index (χ4v) is 0.790. The number of nitrogens with zero attached hydrogens (tertiary/aromatic N) is 1. The van der Waals surface area contributed by atoms with Crippen molar-refractivity contribution in [2.45, 2.75) is 6.92 Å². The maximum absolute atomic E-state index is 11.0. The van der Waals surface area contributed by atoms with Crippen molar-refractivity contribution in [2.75, 3.05) is 7.11 Å². The van der Waals surface area contributed by atoms with Crippen LogP contribution in [-0.2, 0) is 4.74 Å². The second-order valence-corrected chi connectivity index (χ2v) is 2.36. The highest BCUT2D eigenvalue weighted by Gasteiger charge is 2.06. The van der Waals surface area contributed by atoms with Crippen LogP contribution < -0.4 is 5.46 Å². The van der Waals surface area contributed by atoms with Gasteiger partial charge in [0, 0.05) is 5.69 Å². The van der Waals surface area contributed by atoms with Gasteiger partial charge in [-0.25, -0.2) is 9.78 Å². The topological polar surface area (TPSA) is 39.2 Å². The van der Waals surface area contributed by atoms with Crippen molar-refractivity contribution in [1.82, 2.24) is 4.98 Å². The fourth-order valence-electron chi connectivity index (χ4n) is 0.790. The van der Waals surface area contributed by atoms with Gasteiger partial charge in [0.1, 0.15) is 13.5 Å². The molecule has 0 amide bonds. The van der Waals surface area contributed by atoms with Gasteiger partial charge in [0.25, 0.3) is 0 Å². The Kier molecular flexibility index (Phi) is 2.48. The number of ether oxygens (including phenoxy) is 1. The number of hydrogen-bond donors (Lipinski definition) is 0. The number of pyridine rings is 1. The first-order chi connectivity index (χ1) is 5.65. The molecule has 0 aromatic carbocycles. The summed E-state index contributed by atoms with van der Waals surface area (Å²) in [7, 11) is 6.83. The van der Waals surface area contributed by atoms with Gasteiger partial charge in [0.05, 0.1) is 7.11 Å². The zero-order valence-corrected chi connectivity index (χ0v) is 7.00. The number of carbonyl (C=O) groups excluding carboxylic acids is 1. The van der Waals surface area contributed by atoms with Crippen molar-refractivity contribution in [1.29, 1.82) is 0 Å². The van der Waals surface area contributed by atoms with Gasteiger partial charge in [-0.1, -0.05) is 11.5 Å². The summed E-state index contributed by atoms with van der Waals surface area (Å²) in [6.07, 6.45) is 0. The molecule has 0 atom stereocenters. The summed E-state index contributed by atoms with van der Waals surface area (Å²) >= 11 is 0. The van der Waals surface area contributed by atoms with E-state index in [4.69, 9.17) is 7.85 Å². The predicted octanol–water partition coefficient (Wildman–Crippen LogP) is -0.0296. The number of rotatable bonds is 1. The lowest BCUT2D eigenvalue weighted by Crippen LogP contribution is -2.13. The molecule has 12 heavy (non-hydrogen) atoms. The van der Waals surface area contributed by atoms with E-state index < -0.39 is 5.97 Å². The Hall–Kier alpha value is -1.32. The van der Waals surface area contributed by atoms with Crippen molar-refractivity contribution in [3.05, 3.63) is 23.5 Å². The minimum atomic E-state index is -0.446. The molecular weight excluding hydrogens is 153 g/mol. The van der Waals surface area contributed by atoms with Crippen LogP contribution in [0.2, 0.25) is 0 Å². The summed E-state index contributed by atoms with van der Waals surface area (Å²) < 4.78 is 4.49. The number of methoxy groups -OCH3 is 1. The molecule has 0 saturated carbocycles. The molecule has 0 spiro atoms. The molecule has 60 valence electrons. The molecule has 1 aromatic heterocycles. The third kappa shape index (κ3) is 1.64. The summed E-state index contributed by atoms with van der Waals surface area (Å²) in [5, 5.41) is 0. The van der Waals surface area contributed by atoms with Crippen LogP contribution >= 0.6 is 0 Å². The van der Waals surface area contributed by atoms with E-state index >= 15 is 0 Å². The lowest BCUT2D eigenvalue weighted by Gasteiger charge is -2.01. The van der Waals surface area contributed by atoms with E-state index in [1.165, 1.54) is 13.2 Å². The van der Waals surface area contributed by atoms with Gasteiger partial charge in [0.2, 0.25) is 0 Å². The summed E-state index contributed by atoms with van der Waals surface area (Å²) in [5.41, 5.74) is 1.49. The quantitative estimate of drug-likeness (QED) is 0.428. The maximum Gasteiger partial charge on any atom is 0.356 e. The molecule has 1 rings (SSSR count). The largest absolute Gasteiger partial charge is 0.464 e. The van der Waals surface area contributed by atoms with E-state index in [2.05, 4.69) is 9.72 Å². The van der Waals surface area contributed by atoms with E-state index in [0.29, 0.717) is 11.2 Å². The highest BCUT2D eigenvalue weighted by molar-refractivity contribution is 6.33. The zero-order valence-electron chi connectivity index (χ0n) is 7.00. The summed E-state index contributed by atoms with van der Waals surface area (Å²) in [6, 6.07) is 3.17. The molecule has 0 saturated heterocycles. The molecule has 2 radical (unpaired) electrons. The summed E-state index contributed by atoms with van der Waals surface area (Å²) in [4.78, 5) is 14.9. The molecule has 4 heteroatoms. The molecule has 0 aliphatic carbocycles. The van der Waals surface area contributed by atoms with Gasteiger partial charge in [-0.15, -0.1) is 0 Å². The highest BCUT2D eigenvalue weighted by atomic mass is 16.5. The van der Waals surface area contributed by atoms with Crippen molar-refractivity contribution in [2.24, 2.45) is 0 Å². The Morgan fingerprint density at radius 1 is 1.58 bits per heavy atom. The van der Waals surface area contributed by atoms with Gasteiger partial charge in [-0.05, 0) is 13.0 Å². The molecule has 0 N–H and O–H groups in total. The minimum absolute atomic E-state index is 0.282. The lowest BCUT2D eigenvalue weighted by molar-refractivity contribution is 0.0594. The monoisotopic (exact) mass is 161 g/mol. The fraction of sp³-hybridized carbons (Fsp3) is 0.250. The van der Waals surface area contributed by atoms with E-state index in [1.807, 2.05) is 0 Å². The second-order valence-electron chi connectivity index (χ2n) is 2.36. The maximum atomic E-state index is 11.0. The number of hydrogen-bond acceptors (Lipinski definition) is 3. The molecule has 0 fully saturated rings. The highest BCUT2D eigenvalue weighted by Crippen LogP contribution is 1.96. The van der Waals surface area contributed by atoms with E-state index in [0.717, 1.165) is 0 Å². The van der Waals surface area contributed by atoms with Crippen molar-refractivity contribution < 1.29 is 9.53 Å². The lowest BCUT2D eigenvalue weighted by atomic mass is 9.94. The Labute approximate surface area is 72.2 Å². The summed E-state index contributed by atoms with van der Waals surface area (Å²) in [5.74, 6) is -0.446. The Morgan fingerprint density at radius 2 is 2.25 bits per heavy atom. The van der Waals surface area contributed by atoms with Crippen molar-refractivity contribution >= 4 is 19.3 Å². The van der Waals surface area contributed by atoms with Gasteiger partial charge >= 0.3 is 5.97 Å². The van der Waals surface area contributed by atoms with Gasteiger partial charge < -0.3 is 4.74 Å².